The van der Waals surface area contributed by atoms with E-state index in [9.17, 15) is 4.79 Å². The summed E-state index contributed by atoms with van der Waals surface area (Å²) < 4.78 is 0. The molecular formula is C11H19NO2. The first-order valence-electron chi connectivity index (χ1n) is 5.41. The fourth-order valence-electron chi connectivity index (χ4n) is 1.80. The van der Waals surface area contributed by atoms with E-state index in [-0.39, 0.29) is 0 Å². The lowest BCUT2D eigenvalue weighted by Crippen LogP contribution is -2.25. The second kappa shape index (κ2) is 6.60. The van der Waals surface area contributed by atoms with Crippen molar-refractivity contribution in [1.29, 1.82) is 0 Å². The van der Waals surface area contributed by atoms with Gasteiger partial charge in [-0.3, -0.25) is 0 Å². The van der Waals surface area contributed by atoms with Crippen molar-refractivity contribution in [3.8, 4) is 0 Å². The second-order valence-electron chi connectivity index (χ2n) is 3.79. The van der Waals surface area contributed by atoms with E-state index in [1.54, 1.807) is 6.08 Å². The summed E-state index contributed by atoms with van der Waals surface area (Å²) in [5.41, 5.74) is 0. The van der Waals surface area contributed by atoms with Gasteiger partial charge in [0.2, 0.25) is 0 Å². The average Bonchev–Trinajstić information content (AvgIpc) is 2.40. The van der Waals surface area contributed by atoms with Crippen molar-refractivity contribution < 1.29 is 9.90 Å². The summed E-state index contributed by atoms with van der Waals surface area (Å²) in [5, 5.41) is 8.40. The zero-order chi connectivity index (χ0) is 10.2. The number of likely N-dealkylation sites (tertiary alicyclic amines) is 1. The maximum absolute atomic E-state index is 10.2. The van der Waals surface area contributed by atoms with Gasteiger partial charge >= 0.3 is 5.97 Å². The van der Waals surface area contributed by atoms with E-state index in [2.05, 4.69) is 4.90 Å². The molecule has 1 saturated heterocycles. The van der Waals surface area contributed by atoms with Gasteiger partial charge in [0.05, 0.1) is 0 Å². The Balaban J connectivity index is 2.13. The van der Waals surface area contributed by atoms with E-state index in [1.165, 1.54) is 44.8 Å². The number of carboxylic acid groups (broad SMARTS) is 1. The minimum atomic E-state index is -0.846. The quantitative estimate of drug-likeness (QED) is 0.700. The Morgan fingerprint density at radius 2 is 1.86 bits per heavy atom. The van der Waals surface area contributed by atoms with Crippen molar-refractivity contribution in [2.24, 2.45) is 0 Å². The van der Waals surface area contributed by atoms with E-state index < -0.39 is 5.97 Å². The Kier molecular flexibility index (Phi) is 5.30. The number of hydrogen-bond donors (Lipinski definition) is 1. The van der Waals surface area contributed by atoms with Crippen LogP contribution in [0.4, 0.5) is 0 Å². The zero-order valence-corrected chi connectivity index (χ0v) is 8.61. The molecule has 0 aromatic heterocycles. The highest BCUT2D eigenvalue weighted by atomic mass is 16.4. The summed E-state index contributed by atoms with van der Waals surface area (Å²) in [5.74, 6) is -0.846. The highest BCUT2D eigenvalue weighted by Gasteiger charge is 2.06. The van der Waals surface area contributed by atoms with Gasteiger partial charge in [-0.1, -0.05) is 18.9 Å². The van der Waals surface area contributed by atoms with Crippen LogP contribution >= 0.6 is 0 Å². The van der Waals surface area contributed by atoms with Gasteiger partial charge in [0.15, 0.2) is 0 Å². The van der Waals surface area contributed by atoms with E-state index in [0.29, 0.717) is 0 Å². The normalized spacial score (nSPS) is 19.7. The smallest absolute Gasteiger partial charge is 0.327 e. The third-order valence-corrected chi connectivity index (χ3v) is 2.57. The maximum Gasteiger partial charge on any atom is 0.327 e. The largest absolute Gasteiger partial charge is 0.478 e. The molecule has 0 aliphatic carbocycles. The second-order valence-corrected chi connectivity index (χ2v) is 3.79. The zero-order valence-electron chi connectivity index (χ0n) is 8.61. The van der Waals surface area contributed by atoms with Crippen LogP contribution in [0, 0.1) is 0 Å². The van der Waals surface area contributed by atoms with E-state index in [0.717, 1.165) is 13.0 Å². The van der Waals surface area contributed by atoms with E-state index in [1.807, 2.05) is 0 Å². The van der Waals surface area contributed by atoms with Gasteiger partial charge in [-0.25, -0.2) is 4.79 Å². The molecule has 0 unspecified atom stereocenters. The molecule has 1 rings (SSSR count). The van der Waals surface area contributed by atoms with Crippen LogP contribution in [0.2, 0.25) is 0 Å². The molecular weight excluding hydrogens is 178 g/mol. The van der Waals surface area contributed by atoms with Crippen LogP contribution < -0.4 is 0 Å². The van der Waals surface area contributed by atoms with Crippen LogP contribution in [0.3, 0.4) is 0 Å². The molecule has 1 aliphatic rings. The van der Waals surface area contributed by atoms with Gasteiger partial charge in [0.1, 0.15) is 0 Å². The number of rotatable bonds is 4. The lowest BCUT2D eigenvalue weighted by atomic mass is 10.2. The summed E-state index contributed by atoms with van der Waals surface area (Å²) in [7, 11) is 0. The number of carbonyl (C=O) groups is 1. The topological polar surface area (TPSA) is 40.5 Å². The third kappa shape index (κ3) is 5.02. The van der Waals surface area contributed by atoms with Gasteiger partial charge in [-0.05, 0) is 32.4 Å². The Morgan fingerprint density at radius 1 is 1.21 bits per heavy atom. The van der Waals surface area contributed by atoms with Crippen LogP contribution in [-0.2, 0) is 4.79 Å². The van der Waals surface area contributed by atoms with Crippen LogP contribution in [0.5, 0.6) is 0 Å². The highest BCUT2D eigenvalue weighted by Crippen LogP contribution is 2.09. The minimum Gasteiger partial charge on any atom is -0.478 e. The fourth-order valence-corrected chi connectivity index (χ4v) is 1.80. The van der Waals surface area contributed by atoms with Crippen molar-refractivity contribution in [3.05, 3.63) is 12.2 Å². The van der Waals surface area contributed by atoms with Gasteiger partial charge in [-0.15, -0.1) is 0 Å². The Hall–Kier alpha value is -0.830. The maximum atomic E-state index is 10.2. The predicted molar refractivity (Wildman–Crippen MR) is 56.3 cm³/mol. The summed E-state index contributed by atoms with van der Waals surface area (Å²) in [6.45, 7) is 3.37. The molecule has 1 fully saturated rings. The Morgan fingerprint density at radius 3 is 2.43 bits per heavy atom. The molecule has 0 spiro atoms. The number of carboxylic acids is 1. The molecule has 1 aliphatic heterocycles. The number of aliphatic carboxylic acids is 1. The van der Waals surface area contributed by atoms with Crippen LogP contribution in [0.1, 0.15) is 32.1 Å². The summed E-state index contributed by atoms with van der Waals surface area (Å²) in [4.78, 5) is 12.6. The first-order valence-corrected chi connectivity index (χ1v) is 5.41. The Labute approximate surface area is 85.4 Å². The first kappa shape index (κ1) is 11.2. The standard InChI is InChI=1S/C11H19NO2/c13-11(14)7-3-6-10-12-8-4-1-2-5-9-12/h3,7H,1-2,4-6,8-10H2,(H,13,14). The molecule has 0 radical (unpaired) electrons. The van der Waals surface area contributed by atoms with Crippen molar-refractivity contribution in [1.82, 2.24) is 4.90 Å². The Bertz CT molecular complexity index is 193. The van der Waals surface area contributed by atoms with Crippen molar-refractivity contribution in [2.45, 2.75) is 32.1 Å². The van der Waals surface area contributed by atoms with Gasteiger partial charge in [-0.2, -0.15) is 0 Å². The van der Waals surface area contributed by atoms with Crippen molar-refractivity contribution >= 4 is 5.97 Å². The molecule has 0 bridgehead atoms. The van der Waals surface area contributed by atoms with Crippen LogP contribution in [0.25, 0.3) is 0 Å². The number of hydrogen-bond acceptors (Lipinski definition) is 2. The summed E-state index contributed by atoms with van der Waals surface area (Å²) in [6.07, 6.45) is 9.12. The van der Waals surface area contributed by atoms with Crippen LogP contribution in [-0.4, -0.2) is 35.6 Å². The average molecular weight is 197 g/mol. The molecule has 3 nitrogen and oxygen atoms in total. The van der Waals surface area contributed by atoms with Crippen molar-refractivity contribution in [2.75, 3.05) is 19.6 Å². The van der Waals surface area contributed by atoms with Gasteiger partial charge in [0, 0.05) is 12.6 Å². The number of nitrogens with zero attached hydrogens (tertiary/aromatic N) is 1. The summed E-state index contributed by atoms with van der Waals surface area (Å²) in [6, 6.07) is 0. The molecule has 3 heteroatoms. The minimum absolute atomic E-state index is 0.846. The molecule has 0 amide bonds. The van der Waals surface area contributed by atoms with Gasteiger partial charge in [0.25, 0.3) is 0 Å². The molecule has 14 heavy (non-hydrogen) atoms. The lowest BCUT2D eigenvalue weighted by Gasteiger charge is -2.18. The molecule has 0 aromatic carbocycles. The molecule has 80 valence electrons. The van der Waals surface area contributed by atoms with Crippen molar-refractivity contribution in [3.63, 3.8) is 0 Å². The summed E-state index contributed by atoms with van der Waals surface area (Å²) >= 11 is 0. The molecule has 0 atom stereocenters. The van der Waals surface area contributed by atoms with E-state index >= 15 is 0 Å². The molecule has 0 aromatic rings. The fraction of sp³-hybridized carbons (Fsp3) is 0.727. The van der Waals surface area contributed by atoms with Gasteiger partial charge < -0.3 is 10.0 Å². The monoisotopic (exact) mass is 197 g/mol. The first-order chi connectivity index (χ1) is 6.79. The third-order valence-electron chi connectivity index (χ3n) is 2.57. The predicted octanol–water partition coefficient (Wildman–Crippen LogP) is 1.89. The van der Waals surface area contributed by atoms with Crippen LogP contribution in [0.15, 0.2) is 12.2 Å². The molecule has 1 heterocycles. The van der Waals surface area contributed by atoms with E-state index in [4.69, 9.17) is 5.11 Å². The lowest BCUT2D eigenvalue weighted by molar-refractivity contribution is -0.131. The molecule has 0 saturated carbocycles. The molecule has 1 N–H and O–H groups in total. The SMILES string of the molecule is O=C(O)C=CCCN1CCCCCC1. The highest BCUT2D eigenvalue weighted by molar-refractivity contribution is 5.79.